The topological polar surface area (TPSA) is 93.0 Å². The van der Waals surface area contributed by atoms with Gasteiger partial charge in [0.2, 0.25) is 11.6 Å². The molecule has 1 heterocycles. The van der Waals surface area contributed by atoms with Crippen molar-refractivity contribution in [1.29, 1.82) is 0 Å². The zero-order valence-corrected chi connectivity index (χ0v) is 16.7. The molecule has 1 aromatic heterocycles. The van der Waals surface area contributed by atoms with E-state index in [0.717, 1.165) is 31.4 Å². The summed E-state index contributed by atoms with van der Waals surface area (Å²) in [6, 6.07) is 4.29. The number of aromatic nitrogens is 2. The molecule has 0 radical (unpaired) electrons. The summed E-state index contributed by atoms with van der Waals surface area (Å²) in [4.78, 5) is 19.5. The first-order valence-corrected chi connectivity index (χ1v) is 10.4. The Hall–Kier alpha value is -2.91. The molecule has 31 heavy (non-hydrogen) atoms. The number of anilines is 3. The first-order valence-electron chi connectivity index (χ1n) is 10.4. The van der Waals surface area contributed by atoms with Crippen LogP contribution >= 0.6 is 0 Å². The predicted octanol–water partition coefficient (Wildman–Crippen LogP) is 5.53. The average Bonchev–Trinajstić information content (AvgIpc) is 2.66. The molecule has 1 aromatic carbocycles. The van der Waals surface area contributed by atoms with Crippen LogP contribution in [-0.2, 0) is 6.18 Å². The highest BCUT2D eigenvalue weighted by molar-refractivity contribution is 5.74. The van der Waals surface area contributed by atoms with Gasteiger partial charge in [-0.05, 0) is 80.5 Å². The number of halogens is 3. The summed E-state index contributed by atoms with van der Waals surface area (Å²) in [6.45, 7) is 0. The van der Waals surface area contributed by atoms with Crippen molar-refractivity contribution in [1.82, 2.24) is 9.97 Å². The van der Waals surface area contributed by atoms with E-state index in [1.165, 1.54) is 37.7 Å². The highest BCUT2D eigenvalue weighted by Crippen LogP contribution is 2.57. The van der Waals surface area contributed by atoms with E-state index in [2.05, 4.69) is 20.6 Å². The minimum absolute atomic E-state index is 0.0491. The van der Waals surface area contributed by atoms with Gasteiger partial charge in [-0.3, -0.25) is 10.1 Å². The summed E-state index contributed by atoms with van der Waals surface area (Å²) < 4.78 is 38.4. The number of benzene rings is 1. The maximum absolute atomic E-state index is 12.8. The first kappa shape index (κ1) is 20.0. The number of nitrogens with one attached hydrogen (secondary N) is 2. The number of nitro groups is 1. The highest BCUT2D eigenvalue weighted by Gasteiger charge is 2.51. The van der Waals surface area contributed by atoms with Gasteiger partial charge in [-0.2, -0.15) is 13.2 Å². The van der Waals surface area contributed by atoms with Crippen molar-refractivity contribution in [3.8, 4) is 0 Å². The molecule has 4 bridgehead atoms. The maximum Gasteiger partial charge on any atom is 0.416 e. The Morgan fingerprint density at radius 3 is 2.03 bits per heavy atom. The second kappa shape index (κ2) is 7.06. The summed E-state index contributed by atoms with van der Waals surface area (Å²) in [5, 5.41) is 18.1. The second-order valence-corrected chi connectivity index (χ2v) is 9.20. The summed E-state index contributed by atoms with van der Waals surface area (Å²) >= 11 is 0. The Labute approximate surface area is 176 Å². The van der Waals surface area contributed by atoms with Crippen LogP contribution in [0, 0.1) is 27.9 Å². The van der Waals surface area contributed by atoms with Crippen molar-refractivity contribution in [2.24, 2.45) is 17.8 Å². The average molecular weight is 433 g/mol. The van der Waals surface area contributed by atoms with Gasteiger partial charge in [0.05, 0.1) is 10.5 Å². The third kappa shape index (κ3) is 3.79. The van der Waals surface area contributed by atoms with Gasteiger partial charge in [0.15, 0.2) is 0 Å². The van der Waals surface area contributed by atoms with Gasteiger partial charge in [0, 0.05) is 11.2 Å². The lowest BCUT2D eigenvalue weighted by Crippen LogP contribution is -2.55. The number of alkyl halides is 3. The van der Waals surface area contributed by atoms with Gasteiger partial charge in [0.25, 0.3) is 0 Å². The SMILES string of the molecule is O=[N+]([O-])c1c(Nc2ccc(C(F)(F)F)cc2)ncnc1NC12CC3CC(CC(C3)C1)C2. The third-order valence-corrected chi connectivity index (χ3v) is 6.90. The monoisotopic (exact) mass is 433 g/mol. The summed E-state index contributed by atoms with van der Waals surface area (Å²) in [5.41, 5.74) is -0.993. The fourth-order valence-electron chi connectivity index (χ4n) is 6.13. The first-order chi connectivity index (χ1) is 14.7. The highest BCUT2D eigenvalue weighted by atomic mass is 19.4. The Morgan fingerprint density at radius 2 is 1.52 bits per heavy atom. The molecule has 0 amide bonds. The third-order valence-electron chi connectivity index (χ3n) is 6.90. The number of nitrogens with zero attached hydrogens (tertiary/aromatic N) is 3. The molecule has 0 spiro atoms. The predicted molar refractivity (Wildman–Crippen MR) is 108 cm³/mol. The fourth-order valence-corrected chi connectivity index (χ4v) is 6.13. The molecule has 7 nitrogen and oxygen atoms in total. The molecule has 164 valence electrons. The van der Waals surface area contributed by atoms with Gasteiger partial charge < -0.3 is 10.6 Å². The molecule has 2 N–H and O–H groups in total. The lowest BCUT2D eigenvalue weighted by Gasteiger charge is -2.57. The van der Waals surface area contributed by atoms with Gasteiger partial charge in [-0.15, -0.1) is 0 Å². The lowest BCUT2D eigenvalue weighted by atomic mass is 9.53. The molecule has 0 atom stereocenters. The van der Waals surface area contributed by atoms with E-state index in [-0.39, 0.29) is 28.5 Å². The minimum atomic E-state index is -4.45. The van der Waals surface area contributed by atoms with E-state index in [4.69, 9.17) is 0 Å². The standard InChI is InChI=1S/C21H22F3N5O2/c22-21(23,24)15-1-3-16(4-2-15)27-18-17(29(30)31)19(26-11-25-18)28-20-8-12-5-13(9-20)7-14(6-12)10-20/h1-4,11-14H,5-10H2,(H2,25,26,27,28). The number of hydrogen-bond donors (Lipinski definition) is 2. The maximum atomic E-state index is 12.8. The van der Waals surface area contributed by atoms with E-state index in [1.807, 2.05) is 0 Å². The molecule has 0 aliphatic heterocycles. The molecule has 10 heteroatoms. The van der Waals surface area contributed by atoms with E-state index < -0.39 is 16.7 Å². The van der Waals surface area contributed by atoms with E-state index >= 15 is 0 Å². The van der Waals surface area contributed by atoms with Crippen LogP contribution < -0.4 is 10.6 Å². The zero-order valence-electron chi connectivity index (χ0n) is 16.7. The largest absolute Gasteiger partial charge is 0.416 e. The van der Waals surface area contributed by atoms with Crippen molar-refractivity contribution in [3.63, 3.8) is 0 Å². The minimum Gasteiger partial charge on any atom is -0.359 e. The molecule has 4 saturated carbocycles. The fraction of sp³-hybridized carbons (Fsp3) is 0.524. The molecule has 4 aliphatic rings. The Kier molecular flexibility index (Phi) is 4.56. The van der Waals surface area contributed by atoms with Crippen LogP contribution in [0.1, 0.15) is 44.1 Å². The second-order valence-electron chi connectivity index (χ2n) is 9.20. The van der Waals surface area contributed by atoms with Crippen molar-refractivity contribution >= 4 is 23.0 Å². The van der Waals surface area contributed by atoms with Crippen LogP contribution in [0.25, 0.3) is 0 Å². The number of hydrogen-bond acceptors (Lipinski definition) is 6. The quantitative estimate of drug-likeness (QED) is 0.476. The van der Waals surface area contributed by atoms with Crippen molar-refractivity contribution < 1.29 is 18.1 Å². The summed E-state index contributed by atoms with van der Waals surface area (Å²) in [6.07, 6.45) is 3.48. The molecule has 0 unspecified atom stereocenters. The number of rotatable bonds is 5. The zero-order chi connectivity index (χ0) is 21.8. The lowest BCUT2D eigenvalue weighted by molar-refractivity contribution is -0.383. The molecule has 4 aliphatic carbocycles. The molecular formula is C21H22F3N5O2. The van der Waals surface area contributed by atoms with Crippen molar-refractivity contribution in [3.05, 3.63) is 46.3 Å². The van der Waals surface area contributed by atoms with Crippen molar-refractivity contribution in [2.45, 2.75) is 50.2 Å². The smallest absolute Gasteiger partial charge is 0.359 e. The molecule has 2 aromatic rings. The molecule has 6 rings (SSSR count). The molecule has 4 fully saturated rings. The van der Waals surface area contributed by atoms with Crippen LogP contribution in [0.5, 0.6) is 0 Å². The van der Waals surface area contributed by atoms with Crippen LogP contribution in [0.4, 0.5) is 36.2 Å². The van der Waals surface area contributed by atoms with Crippen molar-refractivity contribution in [2.75, 3.05) is 10.6 Å². The van der Waals surface area contributed by atoms with Crippen LogP contribution in [0.15, 0.2) is 30.6 Å². The molecule has 0 saturated heterocycles. The van der Waals surface area contributed by atoms with E-state index in [1.54, 1.807) is 0 Å². The Morgan fingerprint density at radius 1 is 0.968 bits per heavy atom. The van der Waals surface area contributed by atoms with E-state index in [9.17, 15) is 23.3 Å². The molecular weight excluding hydrogens is 411 g/mol. The van der Waals surface area contributed by atoms with Gasteiger partial charge in [-0.1, -0.05) is 0 Å². The van der Waals surface area contributed by atoms with Gasteiger partial charge in [-0.25, -0.2) is 9.97 Å². The van der Waals surface area contributed by atoms with Crippen LogP contribution in [-0.4, -0.2) is 20.4 Å². The van der Waals surface area contributed by atoms with Crippen LogP contribution in [0.2, 0.25) is 0 Å². The van der Waals surface area contributed by atoms with E-state index in [0.29, 0.717) is 17.8 Å². The Bertz CT molecular complexity index is 974. The summed E-state index contributed by atoms with van der Waals surface area (Å²) in [7, 11) is 0. The van der Waals surface area contributed by atoms with Gasteiger partial charge in [0.1, 0.15) is 6.33 Å². The Balaban J connectivity index is 1.42. The normalized spacial score (nSPS) is 29.1. The van der Waals surface area contributed by atoms with Gasteiger partial charge >= 0.3 is 11.9 Å². The summed E-state index contributed by atoms with van der Waals surface area (Å²) in [5.74, 6) is 2.08. The van der Waals surface area contributed by atoms with Crippen LogP contribution in [0.3, 0.4) is 0 Å².